The average Bonchev–Trinajstić information content (AvgIpc) is 2.80. The Morgan fingerprint density at radius 1 is 1.26 bits per heavy atom. The molecule has 0 saturated carbocycles. The molecule has 0 bridgehead atoms. The minimum Gasteiger partial charge on any atom is -0.494 e. The molecule has 2 N–H and O–H groups in total. The van der Waals surface area contributed by atoms with E-state index in [9.17, 15) is 4.39 Å². The number of fused-ring (bicyclic) bond motifs is 1. The molecule has 1 atom stereocenters. The van der Waals surface area contributed by atoms with Gasteiger partial charge in [0.25, 0.3) is 5.85 Å². The van der Waals surface area contributed by atoms with Gasteiger partial charge in [-0.25, -0.2) is 9.38 Å². The van der Waals surface area contributed by atoms with Gasteiger partial charge in [-0.1, -0.05) is 11.6 Å². The molecule has 0 aromatic heterocycles. The molecule has 0 spiro atoms. The van der Waals surface area contributed by atoms with E-state index in [1.54, 1.807) is 19.5 Å². The van der Waals surface area contributed by atoms with Crippen molar-refractivity contribution in [3.05, 3.63) is 52.8 Å². The molecule has 2 aromatic carbocycles. The topological polar surface area (TPSA) is 67.3 Å². The zero-order chi connectivity index (χ0) is 21.7. The monoisotopic (exact) mass is 448 g/mol. The van der Waals surface area contributed by atoms with E-state index in [-0.39, 0.29) is 5.02 Å². The number of hydrogen-bond acceptors (Lipinski definition) is 7. The third-order valence-corrected chi connectivity index (χ3v) is 5.63. The maximum absolute atomic E-state index is 13.6. The summed E-state index contributed by atoms with van der Waals surface area (Å²) >= 11 is 5.94. The number of morpholine rings is 1. The van der Waals surface area contributed by atoms with Crippen LogP contribution in [0.2, 0.25) is 5.02 Å². The Morgan fingerprint density at radius 3 is 2.87 bits per heavy atom. The Kier molecular flexibility index (Phi) is 6.92. The third-order valence-electron chi connectivity index (χ3n) is 5.34. The fourth-order valence-electron chi connectivity index (χ4n) is 3.67. The SMILES string of the molecule is COC1(Nc2ccc(F)c(Cl)c2)N=CNc2ccc(OCCCN3CCOCC3)cc21. The van der Waals surface area contributed by atoms with Crippen molar-refractivity contribution in [3.8, 4) is 5.75 Å². The average molecular weight is 449 g/mol. The first-order valence-corrected chi connectivity index (χ1v) is 10.6. The van der Waals surface area contributed by atoms with Crippen LogP contribution < -0.4 is 15.4 Å². The summed E-state index contributed by atoms with van der Waals surface area (Å²) in [5.74, 6) is -0.963. The Labute approximate surface area is 186 Å². The van der Waals surface area contributed by atoms with Crippen LogP contribution in [-0.2, 0) is 15.3 Å². The van der Waals surface area contributed by atoms with Crippen molar-refractivity contribution >= 4 is 29.3 Å². The second-order valence-electron chi connectivity index (χ2n) is 7.37. The molecule has 1 unspecified atom stereocenters. The summed E-state index contributed by atoms with van der Waals surface area (Å²) in [5.41, 5.74) is 2.16. The maximum atomic E-state index is 13.6. The van der Waals surface area contributed by atoms with Crippen LogP contribution in [0.15, 0.2) is 41.4 Å². The first-order chi connectivity index (χ1) is 15.1. The van der Waals surface area contributed by atoms with Crippen molar-refractivity contribution in [2.24, 2.45) is 4.99 Å². The van der Waals surface area contributed by atoms with E-state index in [4.69, 9.17) is 25.8 Å². The lowest BCUT2D eigenvalue weighted by Gasteiger charge is -2.34. The Morgan fingerprint density at radius 2 is 2.10 bits per heavy atom. The quantitative estimate of drug-likeness (QED) is 0.471. The van der Waals surface area contributed by atoms with Crippen LogP contribution in [0.1, 0.15) is 12.0 Å². The second kappa shape index (κ2) is 9.82. The highest BCUT2D eigenvalue weighted by Gasteiger charge is 2.36. The Balaban J connectivity index is 1.46. The number of rotatable bonds is 8. The highest BCUT2D eigenvalue weighted by molar-refractivity contribution is 6.31. The largest absolute Gasteiger partial charge is 0.494 e. The van der Waals surface area contributed by atoms with Gasteiger partial charge in [-0.2, -0.15) is 0 Å². The first-order valence-electron chi connectivity index (χ1n) is 10.3. The molecule has 4 rings (SSSR count). The van der Waals surface area contributed by atoms with Gasteiger partial charge in [0.2, 0.25) is 0 Å². The van der Waals surface area contributed by atoms with E-state index in [0.717, 1.165) is 56.3 Å². The second-order valence-corrected chi connectivity index (χ2v) is 7.78. The van der Waals surface area contributed by atoms with Crippen LogP contribution in [-0.4, -0.2) is 57.8 Å². The number of aliphatic imine (C=N–C) groups is 1. The van der Waals surface area contributed by atoms with Crippen molar-refractivity contribution in [2.45, 2.75) is 12.3 Å². The summed E-state index contributed by atoms with van der Waals surface area (Å²) in [6.07, 6.45) is 2.49. The summed E-state index contributed by atoms with van der Waals surface area (Å²) in [6, 6.07) is 10.1. The molecular formula is C22H26ClFN4O3. The molecule has 1 fully saturated rings. The minimum absolute atomic E-state index is 0.0201. The van der Waals surface area contributed by atoms with Crippen LogP contribution >= 0.6 is 11.6 Å². The van der Waals surface area contributed by atoms with E-state index in [1.807, 2.05) is 18.2 Å². The molecular weight excluding hydrogens is 423 g/mol. The highest BCUT2D eigenvalue weighted by Crippen LogP contribution is 2.38. The fraction of sp³-hybridized carbons (Fsp3) is 0.409. The van der Waals surface area contributed by atoms with Gasteiger partial charge in [0.1, 0.15) is 11.6 Å². The summed E-state index contributed by atoms with van der Waals surface area (Å²) < 4.78 is 30.7. The van der Waals surface area contributed by atoms with Gasteiger partial charge in [-0.3, -0.25) is 4.90 Å². The Hall–Kier alpha value is -2.39. The molecule has 166 valence electrons. The van der Waals surface area contributed by atoms with Crippen molar-refractivity contribution in [1.29, 1.82) is 0 Å². The fourth-order valence-corrected chi connectivity index (χ4v) is 3.85. The van der Waals surface area contributed by atoms with E-state index in [1.165, 1.54) is 12.1 Å². The lowest BCUT2D eigenvalue weighted by molar-refractivity contribution is 0.0189. The number of nitrogens with one attached hydrogen (secondary N) is 2. The van der Waals surface area contributed by atoms with Crippen molar-refractivity contribution in [3.63, 3.8) is 0 Å². The van der Waals surface area contributed by atoms with Gasteiger partial charge in [0.15, 0.2) is 0 Å². The van der Waals surface area contributed by atoms with E-state index in [2.05, 4.69) is 20.5 Å². The molecule has 2 heterocycles. The minimum atomic E-state index is -1.20. The van der Waals surface area contributed by atoms with E-state index >= 15 is 0 Å². The molecule has 0 aliphatic carbocycles. The predicted octanol–water partition coefficient (Wildman–Crippen LogP) is 3.90. The molecule has 31 heavy (non-hydrogen) atoms. The van der Waals surface area contributed by atoms with Gasteiger partial charge in [-0.05, 0) is 42.8 Å². The van der Waals surface area contributed by atoms with Gasteiger partial charge >= 0.3 is 0 Å². The molecule has 0 radical (unpaired) electrons. The summed E-state index contributed by atoms with van der Waals surface area (Å²) in [5, 5.41) is 6.36. The van der Waals surface area contributed by atoms with Gasteiger partial charge in [0, 0.05) is 38.1 Å². The van der Waals surface area contributed by atoms with E-state index in [0.29, 0.717) is 12.3 Å². The van der Waals surface area contributed by atoms with Crippen LogP contribution in [0.5, 0.6) is 5.75 Å². The molecule has 2 aromatic rings. The zero-order valence-electron chi connectivity index (χ0n) is 17.4. The van der Waals surface area contributed by atoms with Gasteiger partial charge in [-0.15, -0.1) is 0 Å². The number of ether oxygens (including phenoxy) is 3. The number of methoxy groups -OCH3 is 1. The lowest BCUT2D eigenvalue weighted by Crippen LogP contribution is -2.39. The molecule has 0 amide bonds. The molecule has 7 nitrogen and oxygen atoms in total. The standard InChI is InChI=1S/C22H26ClFN4O3/c1-29-22(27-16-3-5-20(24)19(23)13-16)18-14-17(4-6-21(18)25-15-26-22)31-10-2-7-28-8-11-30-12-9-28/h3-6,13-15,27H,2,7-12H2,1H3,(H,25,26). The van der Waals surface area contributed by atoms with Crippen molar-refractivity contribution < 1.29 is 18.6 Å². The van der Waals surface area contributed by atoms with Gasteiger partial charge in [0.05, 0.1) is 36.7 Å². The molecule has 2 aliphatic heterocycles. The summed E-state index contributed by atoms with van der Waals surface area (Å²) in [4.78, 5) is 6.87. The predicted molar refractivity (Wildman–Crippen MR) is 120 cm³/mol. The van der Waals surface area contributed by atoms with Crippen molar-refractivity contribution in [2.75, 3.05) is 57.2 Å². The lowest BCUT2D eigenvalue weighted by atomic mass is 10.0. The summed E-state index contributed by atoms with van der Waals surface area (Å²) in [7, 11) is 1.56. The van der Waals surface area contributed by atoms with Crippen LogP contribution in [0.4, 0.5) is 15.8 Å². The third kappa shape index (κ3) is 5.10. The van der Waals surface area contributed by atoms with Crippen LogP contribution in [0.3, 0.4) is 0 Å². The van der Waals surface area contributed by atoms with Crippen LogP contribution in [0, 0.1) is 5.82 Å². The highest BCUT2D eigenvalue weighted by atomic mass is 35.5. The number of hydrogen-bond donors (Lipinski definition) is 2. The first kappa shape index (κ1) is 21.8. The number of anilines is 2. The zero-order valence-corrected chi connectivity index (χ0v) is 18.1. The number of nitrogens with zero attached hydrogens (tertiary/aromatic N) is 2. The summed E-state index contributed by atoms with van der Waals surface area (Å²) in [6.45, 7) is 5.12. The van der Waals surface area contributed by atoms with E-state index < -0.39 is 11.7 Å². The molecule has 9 heteroatoms. The molecule has 1 saturated heterocycles. The number of benzene rings is 2. The normalized spacial score (nSPS) is 20.7. The molecule has 2 aliphatic rings. The van der Waals surface area contributed by atoms with Gasteiger partial charge < -0.3 is 24.8 Å². The maximum Gasteiger partial charge on any atom is 0.268 e. The van der Waals surface area contributed by atoms with Crippen LogP contribution in [0.25, 0.3) is 0 Å². The number of halogens is 2. The van der Waals surface area contributed by atoms with Crippen molar-refractivity contribution in [1.82, 2.24) is 4.90 Å². The smallest absolute Gasteiger partial charge is 0.268 e. The Bertz CT molecular complexity index is 939.